The third kappa shape index (κ3) is 3.64. The van der Waals surface area contributed by atoms with Crippen LogP contribution in [0.15, 0.2) is 23.1 Å². The van der Waals surface area contributed by atoms with Crippen LogP contribution >= 0.6 is 11.6 Å². The first-order valence-corrected chi connectivity index (χ1v) is 6.94. The first kappa shape index (κ1) is 14.4. The summed E-state index contributed by atoms with van der Waals surface area (Å²) in [7, 11) is -3.76. The van der Waals surface area contributed by atoms with Gasteiger partial charge in [0.2, 0.25) is 10.0 Å². The highest BCUT2D eigenvalue weighted by Gasteiger charge is 2.21. The van der Waals surface area contributed by atoms with Gasteiger partial charge in [-0.3, -0.25) is 0 Å². The molecule has 0 heterocycles. The lowest BCUT2D eigenvalue weighted by atomic mass is 10.2. The van der Waals surface area contributed by atoms with Crippen LogP contribution in [0.4, 0.5) is 4.39 Å². The average molecular weight is 281 g/mol. The maximum atomic E-state index is 12.8. The Hall–Kier alpha value is -0.690. The molecule has 3 N–H and O–H groups in total. The standard InChI is InChI=1S/C10H14ClFN2O2S/c1-2-8(6-13)14-17(15,16)10-4-3-7(12)5-9(10)11/h3-5,8,14H,2,6,13H2,1H3. The lowest BCUT2D eigenvalue weighted by Crippen LogP contribution is -2.39. The van der Waals surface area contributed by atoms with Crippen molar-refractivity contribution in [2.75, 3.05) is 6.54 Å². The second-order valence-corrected chi connectivity index (χ2v) is 5.63. The van der Waals surface area contributed by atoms with Crippen molar-refractivity contribution in [3.8, 4) is 0 Å². The molecule has 0 saturated heterocycles. The molecule has 0 fully saturated rings. The van der Waals surface area contributed by atoms with Gasteiger partial charge in [-0.25, -0.2) is 17.5 Å². The highest BCUT2D eigenvalue weighted by molar-refractivity contribution is 7.89. The molecule has 0 radical (unpaired) electrons. The molecule has 0 spiro atoms. The molecule has 0 aliphatic heterocycles. The van der Waals surface area contributed by atoms with E-state index in [1.54, 1.807) is 0 Å². The summed E-state index contributed by atoms with van der Waals surface area (Å²) in [5, 5.41) is -0.149. The van der Waals surface area contributed by atoms with Gasteiger partial charge in [0.1, 0.15) is 10.7 Å². The van der Waals surface area contributed by atoms with Crippen molar-refractivity contribution < 1.29 is 12.8 Å². The smallest absolute Gasteiger partial charge is 0.242 e. The molecule has 1 rings (SSSR count). The van der Waals surface area contributed by atoms with Crippen molar-refractivity contribution in [1.29, 1.82) is 0 Å². The van der Waals surface area contributed by atoms with Gasteiger partial charge in [-0.1, -0.05) is 18.5 Å². The molecule has 4 nitrogen and oxygen atoms in total. The van der Waals surface area contributed by atoms with E-state index in [-0.39, 0.29) is 22.5 Å². The molecular weight excluding hydrogens is 267 g/mol. The van der Waals surface area contributed by atoms with E-state index >= 15 is 0 Å². The Bertz CT molecular complexity index is 489. The number of hydrogen-bond acceptors (Lipinski definition) is 3. The predicted octanol–water partition coefficient (Wildman–Crippen LogP) is 1.49. The van der Waals surface area contributed by atoms with E-state index in [1.807, 2.05) is 6.92 Å². The Kier molecular flexibility index (Phi) is 4.88. The summed E-state index contributed by atoms with van der Waals surface area (Å²) in [6.07, 6.45) is 0.564. The second-order valence-electron chi connectivity index (χ2n) is 3.54. The number of halogens is 2. The molecule has 1 aromatic rings. The Balaban J connectivity index is 3.05. The lowest BCUT2D eigenvalue weighted by Gasteiger charge is -2.15. The minimum absolute atomic E-state index is 0.146. The van der Waals surface area contributed by atoms with E-state index in [4.69, 9.17) is 17.3 Å². The van der Waals surface area contributed by atoms with Crippen LogP contribution in [-0.4, -0.2) is 21.0 Å². The van der Waals surface area contributed by atoms with Crippen LogP contribution in [0.1, 0.15) is 13.3 Å². The minimum Gasteiger partial charge on any atom is -0.329 e. The first-order valence-electron chi connectivity index (χ1n) is 5.08. The van der Waals surface area contributed by atoms with Gasteiger partial charge in [0.15, 0.2) is 0 Å². The van der Waals surface area contributed by atoms with E-state index < -0.39 is 15.8 Å². The van der Waals surface area contributed by atoms with Crippen molar-refractivity contribution >= 4 is 21.6 Å². The Labute approximate surface area is 105 Å². The molecule has 0 saturated carbocycles. The molecule has 0 aliphatic carbocycles. The zero-order valence-corrected chi connectivity index (χ0v) is 10.9. The number of nitrogens with one attached hydrogen (secondary N) is 1. The van der Waals surface area contributed by atoms with E-state index in [0.717, 1.165) is 18.2 Å². The summed E-state index contributed by atoms with van der Waals surface area (Å²) in [5.74, 6) is -0.584. The molecule has 1 atom stereocenters. The lowest BCUT2D eigenvalue weighted by molar-refractivity contribution is 0.542. The predicted molar refractivity (Wildman–Crippen MR) is 64.9 cm³/mol. The topological polar surface area (TPSA) is 72.2 Å². The van der Waals surface area contributed by atoms with Crippen molar-refractivity contribution in [2.45, 2.75) is 24.3 Å². The zero-order chi connectivity index (χ0) is 13.1. The van der Waals surface area contributed by atoms with Gasteiger partial charge in [-0.2, -0.15) is 0 Å². The molecule has 0 aliphatic rings. The fourth-order valence-corrected chi connectivity index (χ4v) is 3.14. The highest BCUT2D eigenvalue weighted by Crippen LogP contribution is 2.22. The molecule has 1 aromatic carbocycles. The van der Waals surface area contributed by atoms with Gasteiger partial charge < -0.3 is 5.73 Å². The second kappa shape index (κ2) is 5.77. The summed E-state index contributed by atoms with van der Waals surface area (Å²) in [5.41, 5.74) is 5.41. The summed E-state index contributed by atoms with van der Waals surface area (Å²) < 4.78 is 39.1. The van der Waals surface area contributed by atoms with Crippen LogP contribution in [0.5, 0.6) is 0 Å². The number of sulfonamides is 1. The van der Waals surface area contributed by atoms with Crippen LogP contribution in [-0.2, 0) is 10.0 Å². The molecule has 0 bridgehead atoms. The number of rotatable bonds is 5. The molecule has 1 unspecified atom stereocenters. The van der Waals surface area contributed by atoms with Crippen LogP contribution in [0.3, 0.4) is 0 Å². The van der Waals surface area contributed by atoms with Gasteiger partial charge in [0.05, 0.1) is 5.02 Å². The van der Waals surface area contributed by atoms with Crippen molar-refractivity contribution in [3.05, 3.63) is 29.0 Å². The van der Waals surface area contributed by atoms with E-state index in [2.05, 4.69) is 4.72 Å². The largest absolute Gasteiger partial charge is 0.329 e. The van der Waals surface area contributed by atoms with Crippen molar-refractivity contribution in [1.82, 2.24) is 4.72 Å². The van der Waals surface area contributed by atoms with Crippen LogP contribution in [0, 0.1) is 5.82 Å². The summed E-state index contributed by atoms with van der Waals surface area (Å²) in [6.45, 7) is 2.00. The Morgan fingerprint density at radius 3 is 2.65 bits per heavy atom. The molecule has 0 aromatic heterocycles. The third-order valence-electron chi connectivity index (χ3n) is 2.28. The zero-order valence-electron chi connectivity index (χ0n) is 9.28. The summed E-state index contributed by atoms with van der Waals surface area (Å²) in [4.78, 5) is -0.146. The maximum absolute atomic E-state index is 12.8. The number of nitrogens with two attached hydrogens (primary N) is 1. The fourth-order valence-electron chi connectivity index (χ4n) is 1.27. The fraction of sp³-hybridized carbons (Fsp3) is 0.400. The Morgan fingerprint density at radius 1 is 1.53 bits per heavy atom. The summed E-state index contributed by atoms with van der Waals surface area (Å²) >= 11 is 5.69. The van der Waals surface area contributed by atoms with Gasteiger partial charge in [-0.15, -0.1) is 0 Å². The van der Waals surface area contributed by atoms with Crippen LogP contribution < -0.4 is 10.5 Å². The van der Waals surface area contributed by atoms with E-state index in [1.165, 1.54) is 0 Å². The minimum atomic E-state index is -3.76. The summed E-state index contributed by atoms with van der Waals surface area (Å²) in [6, 6.07) is 2.77. The highest BCUT2D eigenvalue weighted by atomic mass is 35.5. The van der Waals surface area contributed by atoms with Crippen molar-refractivity contribution in [2.24, 2.45) is 5.73 Å². The van der Waals surface area contributed by atoms with Gasteiger partial charge in [-0.05, 0) is 24.6 Å². The first-order chi connectivity index (χ1) is 7.90. The number of benzene rings is 1. The van der Waals surface area contributed by atoms with Gasteiger partial charge in [0, 0.05) is 12.6 Å². The molecule has 7 heteroatoms. The van der Waals surface area contributed by atoms with E-state index in [0.29, 0.717) is 6.42 Å². The molecular formula is C10H14ClFN2O2S. The maximum Gasteiger partial charge on any atom is 0.242 e. The third-order valence-corrected chi connectivity index (χ3v) is 4.29. The monoisotopic (exact) mass is 280 g/mol. The quantitative estimate of drug-likeness (QED) is 0.858. The Morgan fingerprint density at radius 2 is 2.18 bits per heavy atom. The van der Waals surface area contributed by atoms with E-state index in [9.17, 15) is 12.8 Å². The van der Waals surface area contributed by atoms with Crippen LogP contribution in [0.2, 0.25) is 5.02 Å². The molecule has 0 amide bonds. The molecule has 17 heavy (non-hydrogen) atoms. The number of hydrogen-bond donors (Lipinski definition) is 2. The molecule has 96 valence electrons. The average Bonchev–Trinajstić information content (AvgIpc) is 2.25. The van der Waals surface area contributed by atoms with Gasteiger partial charge in [0.25, 0.3) is 0 Å². The van der Waals surface area contributed by atoms with Crippen LogP contribution in [0.25, 0.3) is 0 Å². The normalized spacial score (nSPS) is 13.6. The van der Waals surface area contributed by atoms with Gasteiger partial charge >= 0.3 is 0 Å². The SMILES string of the molecule is CCC(CN)NS(=O)(=O)c1ccc(F)cc1Cl. The van der Waals surface area contributed by atoms with Crippen molar-refractivity contribution in [3.63, 3.8) is 0 Å².